The Kier molecular flexibility index (Phi) is 4.26. The fourth-order valence-electron chi connectivity index (χ4n) is 0.824. The van der Waals surface area contributed by atoms with Crippen molar-refractivity contribution in [2.45, 2.75) is 31.6 Å². The summed E-state index contributed by atoms with van der Waals surface area (Å²) in [7, 11) is 0. The van der Waals surface area contributed by atoms with Crippen LogP contribution in [0.5, 0.6) is 0 Å². The molecule has 0 heterocycles. The number of hydrogen-bond donors (Lipinski definition) is 1. The molecule has 2 unspecified atom stereocenters. The van der Waals surface area contributed by atoms with E-state index in [-0.39, 0.29) is 19.4 Å². The molecule has 0 bridgehead atoms. The van der Waals surface area contributed by atoms with Gasteiger partial charge in [-0.3, -0.25) is 0 Å². The van der Waals surface area contributed by atoms with Gasteiger partial charge in [0, 0.05) is 19.4 Å². The Labute approximate surface area is 65.7 Å². The second-order valence-corrected chi connectivity index (χ2v) is 2.75. The number of halogens is 2. The van der Waals surface area contributed by atoms with E-state index in [9.17, 15) is 8.78 Å². The smallest absolute Gasteiger partial charge is 0.142 e. The maximum Gasteiger partial charge on any atom is 0.142 e. The van der Waals surface area contributed by atoms with Crippen LogP contribution in [-0.2, 0) is 0 Å². The van der Waals surface area contributed by atoms with Crippen molar-refractivity contribution >= 4 is 0 Å². The molecule has 0 rings (SSSR count). The maximum atomic E-state index is 13.1. The number of allylic oxidation sites excluding steroid dienone is 1. The number of alkyl halides is 2. The molecule has 11 heavy (non-hydrogen) atoms. The lowest BCUT2D eigenvalue weighted by molar-refractivity contribution is 0.0517. The Balaban J connectivity index is 3.93. The van der Waals surface area contributed by atoms with Crippen LogP contribution in [0.3, 0.4) is 0 Å². The predicted molar refractivity (Wildman–Crippen MR) is 40.9 cm³/mol. The van der Waals surface area contributed by atoms with Crippen molar-refractivity contribution < 1.29 is 13.9 Å². The summed E-state index contributed by atoms with van der Waals surface area (Å²) in [5, 5.41) is 8.34. The van der Waals surface area contributed by atoms with Crippen molar-refractivity contribution in [3.63, 3.8) is 0 Å². The van der Waals surface area contributed by atoms with Crippen LogP contribution in [-0.4, -0.2) is 23.6 Å². The quantitative estimate of drug-likeness (QED) is 0.616. The molecule has 0 fully saturated rings. The van der Waals surface area contributed by atoms with Crippen LogP contribution < -0.4 is 0 Å². The topological polar surface area (TPSA) is 20.2 Å². The van der Waals surface area contributed by atoms with Gasteiger partial charge >= 0.3 is 0 Å². The zero-order chi connectivity index (χ0) is 8.91. The highest BCUT2D eigenvalue weighted by atomic mass is 19.2. The first-order chi connectivity index (χ1) is 5.04. The second-order valence-electron chi connectivity index (χ2n) is 2.75. The van der Waals surface area contributed by atoms with Crippen molar-refractivity contribution in [1.29, 1.82) is 0 Å². The van der Waals surface area contributed by atoms with Crippen LogP contribution >= 0.6 is 0 Å². The van der Waals surface area contributed by atoms with E-state index in [1.165, 1.54) is 13.0 Å². The third-order valence-electron chi connectivity index (χ3n) is 1.58. The fraction of sp³-hybridized carbons (Fsp3) is 0.750. The molecule has 1 N–H and O–H groups in total. The second kappa shape index (κ2) is 4.44. The largest absolute Gasteiger partial charge is 0.396 e. The van der Waals surface area contributed by atoms with Crippen molar-refractivity contribution in [2.24, 2.45) is 0 Å². The molecule has 0 amide bonds. The molecule has 0 aromatic rings. The Bertz CT molecular complexity index is 123. The summed E-state index contributed by atoms with van der Waals surface area (Å²) in [5.74, 6) is 0. The van der Waals surface area contributed by atoms with Gasteiger partial charge in [-0.2, -0.15) is 0 Å². The molecule has 0 aliphatic rings. The number of aliphatic hydroxyl groups is 1. The average Bonchev–Trinajstić information content (AvgIpc) is 1.88. The normalized spacial score (nSPS) is 18.9. The van der Waals surface area contributed by atoms with E-state index >= 15 is 0 Å². The molecular formula is C8H14F2O. The van der Waals surface area contributed by atoms with Gasteiger partial charge in [0.2, 0.25) is 0 Å². The van der Waals surface area contributed by atoms with Crippen molar-refractivity contribution in [2.75, 3.05) is 6.61 Å². The Morgan fingerprint density at radius 2 is 2.27 bits per heavy atom. The first-order valence-electron chi connectivity index (χ1n) is 3.59. The molecule has 0 aliphatic carbocycles. The van der Waals surface area contributed by atoms with E-state index in [4.69, 9.17) is 5.11 Å². The van der Waals surface area contributed by atoms with Gasteiger partial charge in [0.1, 0.15) is 11.8 Å². The van der Waals surface area contributed by atoms with E-state index in [1.807, 2.05) is 0 Å². The lowest BCUT2D eigenvalue weighted by Crippen LogP contribution is -2.31. The standard InChI is InChI=1S/C8H14F2O/c1-3-5-8(2,10)7(9)4-6-11/h3,7,11H,1,4-6H2,2H3. The first-order valence-corrected chi connectivity index (χ1v) is 3.59. The molecule has 66 valence electrons. The summed E-state index contributed by atoms with van der Waals surface area (Å²) in [5.41, 5.74) is -1.88. The van der Waals surface area contributed by atoms with E-state index < -0.39 is 11.8 Å². The number of rotatable bonds is 5. The third kappa shape index (κ3) is 3.46. The van der Waals surface area contributed by atoms with Crippen molar-refractivity contribution in [1.82, 2.24) is 0 Å². The SMILES string of the molecule is C=CCC(C)(F)C(F)CCO. The fourth-order valence-corrected chi connectivity index (χ4v) is 0.824. The van der Waals surface area contributed by atoms with E-state index in [2.05, 4.69) is 6.58 Å². The molecule has 3 heteroatoms. The summed E-state index contributed by atoms with van der Waals surface area (Å²) in [6.45, 7) is 4.17. The molecule has 1 nitrogen and oxygen atoms in total. The van der Waals surface area contributed by atoms with Crippen LogP contribution in [0, 0.1) is 0 Å². The first kappa shape index (κ1) is 10.6. The highest BCUT2D eigenvalue weighted by Crippen LogP contribution is 2.25. The van der Waals surface area contributed by atoms with E-state index in [0.29, 0.717) is 0 Å². The minimum absolute atomic E-state index is 0.0197. The Morgan fingerprint density at radius 1 is 1.73 bits per heavy atom. The lowest BCUT2D eigenvalue weighted by Gasteiger charge is -2.22. The molecule has 2 atom stereocenters. The van der Waals surface area contributed by atoms with Crippen LogP contribution in [0.15, 0.2) is 12.7 Å². The highest BCUT2D eigenvalue weighted by Gasteiger charge is 2.32. The van der Waals surface area contributed by atoms with Crippen molar-refractivity contribution in [3.8, 4) is 0 Å². The van der Waals surface area contributed by atoms with Crippen LogP contribution in [0.25, 0.3) is 0 Å². The van der Waals surface area contributed by atoms with Crippen LogP contribution in [0.1, 0.15) is 19.8 Å². The Hall–Kier alpha value is -0.440. The minimum atomic E-state index is -1.88. The van der Waals surface area contributed by atoms with Gasteiger partial charge < -0.3 is 5.11 Å². The molecule has 0 saturated carbocycles. The summed E-state index contributed by atoms with van der Waals surface area (Å²) >= 11 is 0. The molecule has 0 aromatic heterocycles. The summed E-state index contributed by atoms with van der Waals surface area (Å²) < 4.78 is 25.9. The van der Waals surface area contributed by atoms with Gasteiger partial charge in [-0.1, -0.05) is 6.08 Å². The molecule has 0 aliphatic heterocycles. The summed E-state index contributed by atoms with van der Waals surface area (Å²) in [6, 6.07) is 0. The van der Waals surface area contributed by atoms with Crippen molar-refractivity contribution in [3.05, 3.63) is 12.7 Å². The molecule has 0 radical (unpaired) electrons. The number of hydrogen-bond acceptors (Lipinski definition) is 1. The van der Waals surface area contributed by atoms with Crippen LogP contribution in [0.2, 0.25) is 0 Å². The predicted octanol–water partition coefficient (Wildman–Crippen LogP) is 2.01. The lowest BCUT2D eigenvalue weighted by atomic mass is 9.96. The molecule has 0 saturated heterocycles. The third-order valence-corrected chi connectivity index (χ3v) is 1.58. The van der Waals surface area contributed by atoms with Gasteiger partial charge in [0.15, 0.2) is 0 Å². The maximum absolute atomic E-state index is 13.1. The van der Waals surface area contributed by atoms with Gasteiger partial charge in [-0.15, -0.1) is 6.58 Å². The van der Waals surface area contributed by atoms with Gasteiger partial charge in [0.05, 0.1) is 0 Å². The molecule has 0 aromatic carbocycles. The molecular weight excluding hydrogens is 150 g/mol. The zero-order valence-electron chi connectivity index (χ0n) is 6.69. The van der Waals surface area contributed by atoms with Gasteiger partial charge in [-0.05, 0) is 6.92 Å². The average molecular weight is 164 g/mol. The molecule has 0 spiro atoms. The highest BCUT2D eigenvalue weighted by molar-refractivity contribution is 4.89. The minimum Gasteiger partial charge on any atom is -0.396 e. The monoisotopic (exact) mass is 164 g/mol. The summed E-state index contributed by atoms with van der Waals surface area (Å²) in [6.07, 6.45) is -0.440. The Morgan fingerprint density at radius 3 is 2.64 bits per heavy atom. The van der Waals surface area contributed by atoms with Crippen LogP contribution in [0.4, 0.5) is 8.78 Å². The van der Waals surface area contributed by atoms with E-state index in [1.54, 1.807) is 0 Å². The number of aliphatic hydroxyl groups excluding tert-OH is 1. The van der Waals surface area contributed by atoms with E-state index in [0.717, 1.165) is 0 Å². The van der Waals surface area contributed by atoms with Gasteiger partial charge in [-0.25, -0.2) is 8.78 Å². The summed E-state index contributed by atoms with van der Waals surface area (Å²) in [4.78, 5) is 0. The van der Waals surface area contributed by atoms with Gasteiger partial charge in [0.25, 0.3) is 0 Å². The zero-order valence-corrected chi connectivity index (χ0v) is 6.69.